The molecular weight excluding hydrogens is 135 g/mol. The minimum absolute atomic E-state index is 0.104. The third kappa shape index (κ3) is 1.16. The molecule has 2 N–H and O–H groups in total. The fourth-order valence-corrected chi connectivity index (χ4v) is 1.53. The van der Waals surface area contributed by atoms with Gasteiger partial charge < -0.3 is 10.2 Å². The number of halogens is 1. The quantitative estimate of drug-likeness (QED) is 0.562. The third-order valence-corrected chi connectivity index (χ3v) is 2.26. The molecule has 0 aromatic carbocycles. The summed E-state index contributed by atoms with van der Waals surface area (Å²) >= 11 is 0. The zero-order valence-electron chi connectivity index (χ0n) is 6.00. The first-order chi connectivity index (χ1) is 4.66. The summed E-state index contributed by atoms with van der Waals surface area (Å²) in [5.41, 5.74) is 0. The van der Waals surface area contributed by atoms with Gasteiger partial charge in [-0.05, 0) is 12.3 Å². The summed E-state index contributed by atoms with van der Waals surface area (Å²) in [5.74, 6) is -0.350. The summed E-state index contributed by atoms with van der Waals surface area (Å²) < 4.78 is 12.8. The van der Waals surface area contributed by atoms with Gasteiger partial charge in [0.05, 0.1) is 6.10 Å². The van der Waals surface area contributed by atoms with Crippen molar-refractivity contribution in [1.82, 2.24) is 0 Å². The largest absolute Gasteiger partial charge is 0.396 e. The van der Waals surface area contributed by atoms with Crippen LogP contribution < -0.4 is 0 Å². The second-order valence-electron chi connectivity index (χ2n) is 3.09. The van der Waals surface area contributed by atoms with Gasteiger partial charge in [0.1, 0.15) is 6.17 Å². The van der Waals surface area contributed by atoms with E-state index in [1.54, 1.807) is 6.92 Å². The maximum Gasteiger partial charge on any atom is 0.129 e. The van der Waals surface area contributed by atoms with E-state index in [9.17, 15) is 4.39 Å². The van der Waals surface area contributed by atoms with Crippen molar-refractivity contribution in [3.05, 3.63) is 0 Å². The van der Waals surface area contributed by atoms with E-state index < -0.39 is 12.3 Å². The Morgan fingerprint density at radius 3 is 2.40 bits per heavy atom. The van der Waals surface area contributed by atoms with Gasteiger partial charge in [-0.25, -0.2) is 4.39 Å². The van der Waals surface area contributed by atoms with Gasteiger partial charge in [-0.15, -0.1) is 0 Å². The number of alkyl halides is 1. The Morgan fingerprint density at radius 2 is 2.20 bits per heavy atom. The topological polar surface area (TPSA) is 40.5 Å². The molecule has 2 nitrogen and oxygen atoms in total. The average Bonchev–Trinajstić information content (AvgIpc) is 2.17. The highest BCUT2D eigenvalue weighted by atomic mass is 19.1. The van der Waals surface area contributed by atoms with Crippen LogP contribution in [-0.2, 0) is 0 Å². The highest BCUT2D eigenvalue weighted by Gasteiger charge is 2.39. The fourth-order valence-electron chi connectivity index (χ4n) is 1.53. The monoisotopic (exact) mass is 148 g/mol. The Labute approximate surface area is 59.7 Å². The molecule has 10 heavy (non-hydrogen) atoms. The van der Waals surface area contributed by atoms with Crippen LogP contribution in [0, 0.1) is 11.8 Å². The molecule has 1 fully saturated rings. The summed E-state index contributed by atoms with van der Waals surface area (Å²) in [6.45, 7) is 1.65. The molecule has 0 saturated heterocycles. The highest BCUT2D eigenvalue weighted by molar-refractivity contribution is 4.88. The Morgan fingerprint density at radius 1 is 1.60 bits per heavy atom. The van der Waals surface area contributed by atoms with E-state index >= 15 is 0 Å². The first-order valence-electron chi connectivity index (χ1n) is 3.59. The van der Waals surface area contributed by atoms with Gasteiger partial charge in [-0.2, -0.15) is 0 Å². The molecule has 1 aliphatic carbocycles. The smallest absolute Gasteiger partial charge is 0.129 e. The maximum atomic E-state index is 12.8. The van der Waals surface area contributed by atoms with E-state index in [4.69, 9.17) is 10.2 Å². The summed E-state index contributed by atoms with van der Waals surface area (Å²) in [5, 5.41) is 17.7. The van der Waals surface area contributed by atoms with E-state index in [1.165, 1.54) is 0 Å². The van der Waals surface area contributed by atoms with E-state index in [-0.39, 0.29) is 18.4 Å². The molecule has 60 valence electrons. The molecule has 0 bridgehead atoms. The first-order valence-corrected chi connectivity index (χ1v) is 3.59. The number of aliphatic hydroxyl groups excluding tert-OH is 2. The summed E-state index contributed by atoms with van der Waals surface area (Å²) in [4.78, 5) is 0. The number of rotatable bonds is 1. The Bertz CT molecular complexity index is 118. The van der Waals surface area contributed by atoms with Crippen LogP contribution in [0.25, 0.3) is 0 Å². The van der Waals surface area contributed by atoms with Crippen LogP contribution in [-0.4, -0.2) is 29.1 Å². The predicted octanol–water partition coefficient (Wildman–Crippen LogP) is 0.334. The van der Waals surface area contributed by atoms with Crippen molar-refractivity contribution in [1.29, 1.82) is 0 Å². The van der Waals surface area contributed by atoms with Crippen molar-refractivity contribution in [2.24, 2.45) is 11.8 Å². The van der Waals surface area contributed by atoms with E-state index in [1.807, 2.05) is 0 Å². The molecular formula is C7H13FO2. The molecule has 0 amide bonds. The summed E-state index contributed by atoms with van der Waals surface area (Å²) in [7, 11) is 0. The van der Waals surface area contributed by atoms with E-state index in [2.05, 4.69) is 0 Å². The second kappa shape index (κ2) is 2.84. The Balaban J connectivity index is 2.53. The second-order valence-corrected chi connectivity index (χ2v) is 3.09. The van der Waals surface area contributed by atoms with Crippen molar-refractivity contribution in [2.45, 2.75) is 25.6 Å². The molecule has 1 saturated carbocycles. The zero-order valence-corrected chi connectivity index (χ0v) is 6.00. The number of hydrogen-bond acceptors (Lipinski definition) is 2. The first kappa shape index (κ1) is 7.95. The van der Waals surface area contributed by atoms with Crippen LogP contribution in [0.3, 0.4) is 0 Å². The Hall–Kier alpha value is -0.150. The molecule has 0 aromatic rings. The number of hydrogen-bond donors (Lipinski definition) is 2. The fraction of sp³-hybridized carbons (Fsp3) is 1.00. The molecule has 0 radical (unpaired) electrons. The molecule has 0 aromatic heterocycles. The molecule has 0 spiro atoms. The van der Waals surface area contributed by atoms with Crippen molar-refractivity contribution in [3.8, 4) is 0 Å². The van der Waals surface area contributed by atoms with E-state index in [0.29, 0.717) is 6.42 Å². The molecule has 0 aliphatic heterocycles. The molecule has 0 heterocycles. The molecule has 4 atom stereocenters. The normalized spacial score (nSPS) is 48.0. The van der Waals surface area contributed by atoms with Crippen molar-refractivity contribution >= 4 is 0 Å². The van der Waals surface area contributed by atoms with Crippen LogP contribution in [0.2, 0.25) is 0 Å². The van der Waals surface area contributed by atoms with Gasteiger partial charge in [0, 0.05) is 12.5 Å². The van der Waals surface area contributed by atoms with E-state index in [0.717, 1.165) is 0 Å². The standard InChI is InChI=1S/C7H13FO2/c1-4-2-5(3-9)7(10)6(4)8/h4-7,9-10H,2-3H2,1H3. The van der Waals surface area contributed by atoms with Gasteiger partial charge in [0.25, 0.3) is 0 Å². The lowest BCUT2D eigenvalue weighted by Crippen LogP contribution is -2.25. The summed E-state index contributed by atoms with van der Waals surface area (Å²) in [6, 6.07) is 0. The lowest BCUT2D eigenvalue weighted by Gasteiger charge is -2.11. The van der Waals surface area contributed by atoms with Crippen LogP contribution in [0.4, 0.5) is 4.39 Å². The minimum Gasteiger partial charge on any atom is -0.396 e. The van der Waals surface area contributed by atoms with Crippen LogP contribution in [0.5, 0.6) is 0 Å². The number of aliphatic hydroxyl groups is 2. The van der Waals surface area contributed by atoms with Crippen LogP contribution in [0.1, 0.15) is 13.3 Å². The van der Waals surface area contributed by atoms with Gasteiger partial charge in [-0.1, -0.05) is 6.92 Å². The predicted molar refractivity (Wildman–Crippen MR) is 35.3 cm³/mol. The van der Waals surface area contributed by atoms with Crippen LogP contribution >= 0.6 is 0 Å². The van der Waals surface area contributed by atoms with Gasteiger partial charge >= 0.3 is 0 Å². The van der Waals surface area contributed by atoms with Gasteiger partial charge in [0.15, 0.2) is 0 Å². The average molecular weight is 148 g/mol. The van der Waals surface area contributed by atoms with Crippen LogP contribution in [0.15, 0.2) is 0 Å². The van der Waals surface area contributed by atoms with Gasteiger partial charge in [0.2, 0.25) is 0 Å². The molecule has 1 rings (SSSR count). The lowest BCUT2D eigenvalue weighted by atomic mass is 10.1. The highest BCUT2D eigenvalue weighted by Crippen LogP contribution is 2.32. The van der Waals surface area contributed by atoms with Gasteiger partial charge in [-0.3, -0.25) is 0 Å². The maximum absolute atomic E-state index is 12.8. The van der Waals surface area contributed by atoms with Crippen molar-refractivity contribution in [2.75, 3.05) is 6.61 Å². The lowest BCUT2D eigenvalue weighted by molar-refractivity contribution is 0.0402. The zero-order chi connectivity index (χ0) is 7.72. The SMILES string of the molecule is CC1CC(CO)C(O)C1F. The minimum atomic E-state index is -1.14. The van der Waals surface area contributed by atoms with Crippen molar-refractivity contribution in [3.63, 3.8) is 0 Å². The van der Waals surface area contributed by atoms with Crippen molar-refractivity contribution < 1.29 is 14.6 Å². The third-order valence-electron chi connectivity index (χ3n) is 2.26. The molecule has 3 heteroatoms. The summed E-state index contributed by atoms with van der Waals surface area (Å²) in [6.07, 6.45) is -1.49. The molecule has 1 aliphatic rings. The molecule has 4 unspecified atom stereocenters. The Kier molecular flexibility index (Phi) is 2.26.